The van der Waals surface area contributed by atoms with E-state index in [1.165, 1.54) is 11.9 Å². The van der Waals surface area contributed by atoms with Crippen LogP contribution in [-0.2, 0) is 16.2 Å². The topological polar surface area (TPSA) is 111 Å². The van der Waals surface area contributed by atoms with E-state index < -0.39 is 23.9 Å². The maximum atomic E-state index is 12.9. The van der Waals surface area contributed by atoms with Gasteiger partial charge in [-0.1, -0.05) is 49.2 Å². The van der Waals surface area contributed by atoms with Crippen LogP contribution in [0.4, 0.5) is 0 Å². The van der Waals surface area contributed by atoms with Gasteiger partial charge in [-0.2, -0.15) is 0 Å². The lowest BCUT2D eigenvalue weighted by Gasteiger charge is -2.36. The van der Waals surface area contributed by atoms with E-state index in [1.54, 1.807) is 12.1 Å². The largest absolute Gasteiger partial charge is 0.459 e. The fourth-order valence-corrected chi connectivity index (χ4v) is 5.78. The fraction of sp³-hybridized carbons (Fsp3) is 0.448. The minimum absolute atomic E-state index is 0.178. The van der Waals surface area contributed by atoms with Gasteiger partial charge in [0.05, 0.1) is 24.5 Å². The summed E-state index contributed by atoms with van der Waals surface area (Å²) in [7, 11) is 1.50. The number of hydrogen-bond donors (Lipinski definition) is 3. The van der Waals surface area contributed by atoms with E-state index in [4.69, 9.17) is 4.42 Å². The summed E-state index contributed by atoms with van der Waals surface area (Å²) in [6, 6.07) is 13.4. The van der Waals surface area contributed by atoms with Crippen molar-refractivity contribution in [1.29, 1.82) is 0 Å². The summed E-state index contributed by atoms with van der Waals surface area (Å²) in [5.74, 6) is -1.02. The van der Waals surface area contributed by atoms with Crippen LogP contribution in [0.3, 0.4) is 0 Å². The van der Waals surface area contributed by atoms with Gasteiger partial charge in [0, 0.05) is 13.0 Å². The first kappa shape index (κ1) is 26.1. The van der Waals surface area contributed by atoms with Crippen LogP contribution in [0.5, 0.6) is 0 Å². The van der Waals surface area contributed by atoms with Crippen LogP contribution >= 0.6 is 0 Å². The molecule has 2 aliphatic rings. The SMILES string of the molecule is CCCC1=C([C@H](O)CC/C(=C/c2ccc(CO)o2)c2ccccc2)[C@H](CO)[C@@H]2C(=O)N(C)C(=O)[C@@H]2C1. The molecule has 3 N–H and O–H groups in total. The van der Waals surface area contributed by atoms with E-state index in [0.717, 1.165) is 35.1 Å². The normalized spacial score (nSPS) is 23.4. The highest BCUT2D eigenvalue weighted by Crippen LogP contribution is 2.47. The molecule has 1 fully saturated rings. The van der Waals surface area contributed by atoms with Crippen molar-refractivity contribution >= 4 is 23.5 Å². The minimum atomic E-state index is -0.852. The number of amides is 2. The summed E-state index contributed by atoms with van der Waals surface area (Å²) in [6.07, 6.45) is 4.00. The van der Waals surface area contributed by atoms with Gasteiger partial charge in [0.1, 0.15) is 18.1 Å². The number of hydrogen-bond acceptors (Lipinski definition) is 6. The highest BCUT2D eigenvalue weighted by atomic mass is 16.4. The summed E-state index contributed by atoms with van der Waals surface area (Å²) in [5, 5.41) is 31.1. The Morgan fingerprint density at radius 1 is 1.14 bits per heavy atom. The van der Waals surface area contributed by atoms with Gasteiger partial charge >= 0.3 is 0 Å². The first-order valence-electron chi connectivity index (χ1n) is 12.7. The Bertz CT molecular complexity index is 1150. The molecule has 0 radical (unpaired) electrons. The van der Waals surface area contributed by atoms with E-state index in [0.29, 0.717) is 30.8 Å². The molecule has 0 spiro atoms. The molecule has 1 aromatic carbocycles. The monoisotopic (exact) mass is 493 g/mol. The maximum Gasteiger partial charge on any atom is 0.233 e. The Morgan fingerprint density at radius 2 is 1.89 bits per heavy atom. The zero-order valence-corrected chi connectivity index (χ0v) is 20.9. The Morgan fingerprint density at radius 3 is 2.53 bits per heavy atom. The molecule has 192 valence electrons. The molecular formula is C29H35NO6. The standard InChI is InChI=1S/C29H35NO6/c1-3-7-20-15-23-27(29(35)30(2)28(23)34)24(17-32)26(20)25(33)13-10-19(18-8-5-4-6-9-18)14-21-11-12-22(16-31)36-21/h4-6,8-9,11-12,14,23-25,27,31-33H,3,7,10,13,15-17H2,1-2H3/b19-14-/t23-,24+,25-,27-/m1/s1. The van der Waals surface area contributed by atoms with E-state index in [9.17, 15) is 24.9 Å². The number of imide groups is 1. The van der Waals surface area contributed by atoms with Gasteiger partial charge in [-0.05, 0) is 60.6 Å². The van der Waals surface area contributed by atoms with Crippen LogP contribution in [0.2, 0.25) is 0 Å². The predicted octanol–water partition coefficient (Wildman–Crippen LogP) is 3.79. The number of benzene rings is 1. The molecule has 2 amide bonds. The van der Waals surface area contributed by atoms with Gasteiger partial charge in [-0.15, -0.1) is 0 Å². The Kier molecular flexibility index (Phi) is 8.24. The van der Waals surface area contributed by atoms with Crippen molar-refractivity contribution in [2.24, 2.45) is 17.8 Å². The highest BCUT2D eigenvalue weighted by molar-refractivity contribution is 6.05. The van der Waals surface area contributed by atoms with Gasteiger partial charge < -0.3 is 19.7 Å². The minimum Gasteiger partial charge on any atom is -0.459 e. The number of carbonyl (C=O) groups excluding carboxylic acids is 2. The van der Waals surface area contributed by atoms with Crippen LogP contribution in [0.25, 0.3) is 11.6 Å². The van der Waals surface area contributed by atoms with Crippen molar-refractivity contribution in [2.75, 3.05) is 13.7 Å². The molecule has 36 heavy (non-hydrogen) atoms. The van der Waals surface area contributed by atoms with Gasteiger partial charge in [0.25, 0.3) is 0 Å². The molecule has 1 aliphatic heterocycles. The number of likely N-dealkylation sites (tertiary alicyclic amines) is 1. The second-order valence-corrected chi connectivity index (χ2v) is 9.72. The molecule has 0 saturated carbocycles. The third-order valence-corrected chi connectivity index (χ3v) is 7.50. The number of furan rings is 1. The van der Waals surface area contributed by atoms with Gasteiger partial charge in [0.15, 0.2) is 0 Å². The van der Waals surface area contributed by atoms with Gasteiger partial charge in [-0.3, -0.25) is 14.5 Å². The second kappa shape index (κ2) is 11.4. The molecule has 7 heteroatoms. The Balaban J connectivity index is 1.62. The lowest BCUT2D eigenvalue weighted by molar-refractivity contribution is -0.138. The summed E-state index contributed by atoms with van der Waals surface area (Å²) in [5.41, 5.74) is 3.68. The third-order valence-electron chi connectivity index (χ3n) is 7.50. The van der Waals surface area contributed by atoms with E-state index in [1.807, 2.05) is 43.3 Å². The number of rotatable bonds is 10. The van der Waals surface area contributed by atoms with E-state index in [2.05, 4.69) is 0 Å². The molecule has 2 aromatic rings. The average Bonchev–Trinajstić information content (AvgIpc) is 3.44. The zero-order valence-electron chi connectivity index (χ0n) is 20.9. The molecule has 4 atom stereocenters. The number of nitrogens with zero attached hydrogens (tertiary/aromatic N) is 1. The molecule has 0 unspecified atom stereocenters. The maximum absolute atomic E-state index is 12.9. The second-order valence-electron chi connectivity index (χ2n) is 9.72. The Labute approximate surface area is 211 Å². The molecule has 0 bridgehead atoms. The molecule has 4 rings (SSSR count). The number of aliphatic hydroxyl groups excluding tert-OH is 3. The molecule has 7 nitrogen and oxygen atoms in total. The lowest BCUT2D eigenvalue weighted by Crippen LogP contribution is -2.39. The van der Waals surface area contributed by atoms with Crippen molar-refractivity contribution in [3.8, 4) is 0 Å². The van der Waals surface area contributed by atoms with Crippen LogP contribution in [-0.4, -0.2) is 51.8 Å². The van der Waals surface area contributed by atoms with E-state index in [-0.39, 0.29) is 25.0 Å². The van der Waals surface area contributed by atoms with Crippen molar-refractivity contribution in [3.63, 3.8) is 0 Å². The van der Waals surface area contributed by atoms with Crippen molar-refractivity contribution in [2.45, 2.75) is 51.7 Å². The molecule has 1 saturated heterocycles. The lowest BCUT2D eigenvalue weighted by atomic mass is 9.67. The third kappa shape index (κ3) is 5.09. The summed E-state index contributed by atoms with van der Waals surface area (Å²) < 4.78 is 5.67. The quantitative estimate of drug-likeness (QED) is 0.343. The number of aliphatic hydroxyl groups is 3. The van der Waals surface area contributed by atoms with E-state index >= 15 is 0 Å². The Hall–Kier alpha value is -3.00. The number of carbonyl (C=O) groups is 2. The number of fused-ring (bicyclic) bond motifs is 1. The molecule has 1 aromatic heterocycles. The van der Waals surface area contributed by atoms with Gasteiger partial charge in [-0.25, -0.2) is 0 Å². The molecule has 2 heterocycles. The first-order chi connectivity index (χ1) is 17.4. The highest BCUT2D eigenvalue weighted by Gasteiger charge is 2.53. The fourth-order valence-electron chi connectivity index (χ4n) is 5.78. The van der Waals surface area contributed by atoms with Crippen molar-refractivity contribution in [1.82, 2.24) is 4.90 Å². The van der Waals surface area contributed by atoms with Crippen LogP contribution in [0, 0.1) is 17.8 Å². The average molecular weight is 494 g/mol. The van der Waals surface area contributed by atoms with Crippen LogP contribution < -0.4 is 0 Å². The zero-order chi connectivity index (χ0) is 25.8. The summed E-state index contributed by atoms with van der Waals surface area (Å²) in [4.78, 5) is 26.8. The predicted molar refractivity (Wildman–Crippen MR) is 136 cm³/mol. The van der Waals surface area contributed by atoms with Crippen molar-refractivity contribution < 1.29 is 29.3 Å². The van der Waals surface area contributed by atoms with Crippen LogP contribution in [0.1, 0.15) is 56.1 Å². The smallest absolute Gasteiger partial charge is 0.233 e. The number of allylic oxidation sites excluding steroid dienone is 2. The summed E-state index contributed by atoms with van der Waals surface area (Å²) >= 11 is 0. The van der Waals surface area contributed by atoms with Crippen LogP contribution in [0.15, 0.2) is 58.0 Å². The van der Waals surface area contributed by atoms with Crippen molar-refractivity contribution in [3.05, 3.63) is 70.7 Å². The summed E-state index contributed by atoms with van der Waals surface area (Å²) in [6.45, 7) is 1.58. The first-order valence-corrected chi connectivity index (χ1v) is 12.7. The molecule has 1 aliphatic carbocycles. The van der Waals surface area contributed by atoms with Gasteiger partial charge in [0.2, 0.25) is 11.8 Å². The molecular weight excluding hydrogens is 458 g/mol.